The zero-order valence-corrected chi connectivity index (χ0v) is 19.6. The zero-order valence-electron chi connectivity index (χ0n) is 18.7. The predicted molar refractivity (Wildman–Crippen MR) is 118 cm³/mol. The van der Waals surface area contributed by atoms with Gasteiger partial charge in [-0.05, 0) is 19.1 Å². The molecule has 1 aromatic carbocycles. The monoisotopic (exact) mass is 512 g/mol. The zero-order chi connectivity index (χ0) is 25.8. The molecule has 1 saturated heterocycles. The maximum Gasteiger partial charge on any atom is 0.459 e. The van der Waals surface area contributed by atoms with Gasteiger partial charge in [-0.3, -0.25) is 23.5 Å². The molecule has 1 amide bonds. The van der Waals surface area contributed by atoms with Crippen molar-refractivity contribution in [2.45, 2.75) is 37.5 Å². The fourth-order valence-corrected chi connectivity index (χ4v) is 4.74. The predicted octanol–water partition coefficient (Wildman–Crippen LogP) is -0.684. The molecule has 1 fully saturated rings. The summed E-state index contributed by atoms with van der Waals surface area (Å²) in [5.74, 6) is -1.66. The van der Waals surface area contributed by atoms with Crippen LogP contribution in [0.4, 0.5) is 0 Å². The number of hydrogen-bond acceptors (Lipinski definition) is 11. The molecule has 15 heteroatoms. The van der Waals surface area contributed by atoms with Crippen molar-refractivity contribution < 1.29 is 42.9 Å². The van der Waals surface area contributed by atoms with E-state index in [9.17, 15) is 29.2 Å². The minimum Gasteiger partial charge on any atom is -0.468 e. The molecule has 2 aromatic rings. The number of carbonyl (C=O) groups excluding carboxylic acids is 2. The molecule has 0 radical (unpaired) electrons. The lowest BCUT2D eigenvalue weighted by molar-refractivity contribution is -0.142. The van der Waals surface area contributed by atoms with E-state index in [1.807, 2.05) is 0 Å². The maximum absolute atomic E-state index is 13.4. The van der Waals surface area contributed by atoms with Gasteiger partial charge in [0.05, 0.1) is 13.7 Å². The standard InChI is InChI=1S/C20H25N4O10P/c1-11(20(29)31-2)23-35(30,34-12-6-4-3-5-7-12)32-10-13-15(25)16(26)19(33-13)24-9-8-22-14(17(21)27)18(24)28/h3-9,11,13,15-16,19,25-26H,10H2,1-2H3,(H2,21,27)(H,23,30)/t11-,13?,15?,16?,19?,35?/m0/s1. The van der Waals surface area contributed by atoms with E-state index >= 15 is 0 Å². The molecule has 5 unspecified atom stereocenters. The number of aromatic nitrogens is 2. The van der Waals surface area contributed by atoms with Crippen molar-refractivity contribution in [1.29, 1.82) is 0 Å². The number of amides is 1. The number of nitrogens with zero attached hydrogens (tertiary/aromatic N) is 2. The van der Waals surface area contributed by atoms with E-state index in [0.717, 1.165) is 24.1 Å². The topological polar surface area (TPSA) is 202 Å². The Hall–Kier alpha value is -3.13. The number of hydrogen-bond donors (Lipinski definition) is 4. The van der Waals surface area contributed by atoms with Gasteiger partial charge < -0.3 is 29.9 Å². The van der Waals surface area contributed by atoms with Crippen LogP contribution in [0.5, 0.6) is 5.75 Å². The lowest BCUT2D eigenvalue weighted by Crippen LogP contribution is -2.38. The lowest BCUT2D eigenvalue weighted by Gasteiger charge is -2.24. The number of aliphatic hydroxyl groups excluding tert-OH is 2. The van der Waals surface area contributed by atoms with Gasteiger partial charge >= 0.3 is 13.7 Å². The fraction of sp³-hybridized carbons (Fsp3) is 0.400. The Morgan fingerprint density at radius 3 is 2.60 bits per heavy atom. The molecule has 14 nitrogen and oxygen atoms in total. The van der Waals surface area contributed by atoms with Crippen molar-refractivity contribution in [3.05, 3.63) is 58.8 Å². The average molecular weight is 512 g/mol. The average Bonchev–Trinajstić information content (AvgIpc) is 3.11. The molecule has 1 aliphatic rings. The van der Waals surface area contributed by atoms with Crippen LogP contribution >= 0.6 is 7.75 Å². The SMILES string of the molecule is COC(=O)[C@H](C)NP(=O)(OCC1OC(n2ccnc(C(N)=O)c2=O)C(O)C1O)Oc1ccccc1. The number of para-hydroxylation sites is 1. The molecule has 0 saturated carbocycles. The summed E-state index contributed by atoms with van der Waals surface area (Å²) >= 11 is 0. The van der Waals surface area contributed by atoms with Gasteiger partial charge in [0.1, 0.15) is 30.1 Å². The summed E-state index contributed by atoms with van der Waals surface area (Å²) < 4.78 is 35.3. The normalized spacial score (nSPS) is 24.3. The van der Waals surface area contributed by atoms with E-state index in [1.54, 1.807) is 18.2 Å². The highest BCUT2D eigenvalue weighted by molar-refractivity contribution is 7.52. The van der Waals surface area contributed by atoms with Gasteiger partial charge in [-0.15, -0.1) is 0 Å². The number of aliphatic hydroxyl groups is 2. The fourth-order valence-electron chi connectivity index (χ4n) is 3.24. The molecule has 1 aromatic heterocycles. The van der Waals surface area contributed by atoms with Crippen molar-refractivity contribution >= 4 is 19.6 Å². The van der Waals surface area contributed by atoms with Crippen molar-refractivity contribution in [3.63, 3.8) is 0 Å². The first-order valence-electron chi connectivity index (χ1n) is 10.3. The van der Waals surface area contributed by atoms with Crippen LogP contribution in [0.15, 0.2) is 47.5 Å². The van der Waals surface area contributed by atoms with Crippen LogP contribution in [-0.2, 0) is 23.4 Å². The number of carbonyl (C=O) groups is 2. The lowest BCUT2D eigenvalue weighted by atomic mass is 10.1. The smallest absolute Gasteiger partial charge is 0.459 e. The third-order valence-corrected chi connectivity index (χ3v) is 6.64. The van der Waals surface area contributed by atoms with Crippen molar-refractivity contribution in [2.75, 3.05) is 13.7 Å². The third-order valence-electron chi connectivity index (χ3n) is 5.00. The highest BCUT2D eigenvalue weighted by Gasteiger charge is 2.46. The minimum absolute atomic E-state index is 0.161. The van der Waals surface area contributed by atoms with Crippen LogP contribution < -0.4 is 20.9 Å². The largest absolute Gasteiger partial charge is 0.468 e. The molecule has 2 heterocycles. The van der Waals surface area contributed by atoms with Gasteiger partial charge in [0.2, 0.25) is 0 Å². The Morgan fingerprint density at radius 2 is 1.97 bits per heavy atom. The number of methoxy groups -OCH3 is 1. The molecule has 1 aliphatic heterocycles. The van der Waals surface area contributed by atoms with Crippen LogP contribution in [0.1, 0.15) is 23.6 Å². The first-order valence-corrected chi connectivity index (χ1v) is 11.8. The van der Waals surface area contributed by atoms with Crippen molar-refractivity contribution in [2.24, 2.45) is 5.73 Å². The second-order valence-corrected chi connectivity index (χ2v) is 9.16. The number of rotatable bonds is 10. The molecule has 190 valence electrons. The Labute approximate surface area is 199 Å². The first-order chi connectivity index (χ1) is 16.6. The van der Waals surface area contributed by atoms with Crippen molar-refractivity contribution in [1.82, 2.24) is 14.6 Å². The van der Waals surface area contributed by atoms with Gasteiger partial charge in [-0.25, -0.2) is 9.55 Å². The van der Waals surface area contributed by atoms with E-state index in [4.69, 9.17) is 19.5 Å². The number of esters is 1. The highest BCUT2D eigenvalue weighted by atomic mass is 31.2. The van der Waals surface area contributed by atoms with Gasteiger partial charge in [-0.1, -0.05) is 18.2 Å². The summed E-state index contributed by atoms with van der Waals surface area (Å²) in [4.78, 5) is 39.3. The van der Waals surface area contributed by atoms with Gasteiger partial charge in [-0.2, -0.15) is 5.09 Å². The van der Waals surface area contributed by atoms with Crippen LogP contribution in [0.25, 0.3) is 0 Å². The molecular formula is C20H25N4O10P. The van der Waals surface area contributed by atoms with E-state index in [1.165, 1.54) is 19.1 Å². The van der Waals surface area contributed by atoms with Crippen LogP contribution in [0.3, 0.4) is 0 Å². The number of nitrogens with one attached hydrogen (secondary N) is 1. The summed E-state index contributed by atoms with van der Waals surface area (Å²) in [6, 6.07) is 6.88. The van der Waals surface area contributed by atoms with Gasteiger partial charge in [0.15, 0.2) is 11.9 Å². The molecule has 35 heavy (non-hydrogen) atoms. The van der Waals surface area contributed by atoms with E-state index in [-0.39, 0.29) is 5.75 Å². The molecule has 3 rings (SSSR count). The Kier molecular flexibility index (Phi) is 8.38. The number of nitrogens with two attached hydrogens (primary N) is 1. The summed E-state index contributed by atoms with van der Waals surface area (Å²) in [5.41, 5.74) is 3.60. The second kappa shape index (κ2) is 11.1. The highest BCUT2D eigenvalue weighted by Crippen LogP contribution is 2.45. The number of primary amides is 1. The van der Waals surface area contributed by atoms with Crippen LogP contribution in [-0.4, -0.2) is 69.7 Å². The Balaban J connectivity index is 1.78. The third kappa shape index (κ3) is 6.11. The van der Waals surface area contributed by atoms with Gasteiger partial charge in [0, 0.05) is 12.4 Å². The first kappa shape index (κ1) is 26.5. The molecule has 0 bridgehead atoms. The number of ether oxygens (including phenoxy) is 2. The Morgan fingerprint density at radius 1 is 1.29 bits per heavy atom. The summed E-state index contributed by atoms with van der Waals surface area (Å²) in [6.07, 6.45) is -3.67. The summed E-state index contributed by atoms with van der Waals surface area (Å²) in [5, 5.41) is 23.3. The van der Waals surface area contributed by atoms with E-state index < -0.39 is 68.1 Å². The summed E-state index contributed by atoms with van der Waals surface area (Å²) in [7, 11) is -3.10. The number of benzene rings is 1. The van der Waals surface area contributed by atoms with Crippen LogP contribution in [0.2, 0.25) is 0 Å². The molecule has 0 spiro atoms. The van der Waals surface area contributed by atoms with E-state index in [0.29, 0.717) is 0 Å². The molecule has 6 atom stereocenters. The van der Waals surface area contributed by atoms with E-state index in [2.05, 4.69) is 14.8 Å². The quantitative estimate of drug-likeness (QED) is 0.231. The summed E-state index contributed by atoms with van der Waals surface area (Å²) in [6.45, 7) is 0.797. The molecule has 0 aliphatic carbocycles. The van der Waals surface area contributed by atoms with Gasteiger partial charge in [0.25, 0.3) is 11.5 Å². The van der Waals surface area contributed by atoms with Crippen LogP contribution in [0, 0.1) is 0 Å². The minimum atomic E-state index is -4.25. The second-order valence-electron chi connectivity index (χ2n) is 7.47. The molecule has 5 N–H and O–H groups in total. The van der Waals surface area contributed by atoms with Crippen molar-refractivity contribution in [3.8, 4) is 5.75 Å². The maximum atomic E-state index is 13.4. The molecular weight excluding hydrogens is 487 g/mol. The Bertz CT molecular complexity index is 1160.